The van der Waals surface area contributed by atoms with Gasteiger partial charge in [0.25, 0.3) is 0 Å². The SMILES string of the molecule is CCC(C)(C)CC1CC(c2onc([C@@H](CCC(=O)O)CC(=O)Nc3ccc(C)nc3C)c2C(F)(F)F)C1. The summed E-state index contributed by atoms with van der Waals surface area (Å²) in [6, 6.07) is 3.38. The van der Waals surface area contributed by atoms with Crippen LogP contribution in [-0.2, 0) is 15.8 Å². The number of aromatic nitrogens is 2. The molecular weight excluding hydrogens is 487 g/mol. The number of carbonyl (C=O) groups excluding carboxylic acids is 1. The van der Waals surface area contributed by atoms with Gasteiger partial charge < -0.3 is 14.9 Å². The number of anilines is 1. The molecule has 1 aliphatic carbocycles. The molecule has 7 nitrogen and oxygen atoms in total. The molecule has 0 saturated heterocycles. The summed E-state index contributed by atoms with van der Waals surface area (Å²) in [5.74, 6) is -3.07. The third kappa shape index (κ3) is 7.32. The second kappa shape index (κ2) is 11.2. The van der Waals surface area contributed by atoms with Gasteiger partial charge in [-0.2, -0.15) is 13.2 Å². The van der Waals surface area contributed by atoms with E-state index in [-0.39, 0.29) is 24.0 Å². The van der Waals surface area contributed by atoms with Crippen LogP contribution in [0.5, 0.6) is 0 Å². The molecule has 0 spiro atoms. The molecule has 0 unspecified atom stereocenters. The number of rotatable bonds is 11. The molecule has 2 heterocycles. The molecule has 37 heavy (non-hydrogen) atoms. The van der Waals surface area contributed by atoms with Crippen molar-refractivity contribution in [2.45, 2.75) is 97.6 Å². The van der Waals surface area contributed by atoms with Crippen molar-refractivity contribution in [1.29, 1.82) is 0 Å². The Bertz CT molecular complexity index is 1120. The molecule has 1 atom stereocenters. The topological polar surface area (TPSA) is 105 Å². The van der Waals surface area contributed by atoms with Crippen LogP contribution in [0.4, 0.5) is 18.9 Å². The summed E-state index contributed by atoms with van der Waals surface area (Å²) >= 11 is 0. The predicted octanol–water partition coefficient (Wildman–Crippen LogP) is 7.00. The minimum atomic E-state index is -4.74. The van der Waals surface area contributed by atoms with E-state index in [1.165, 1.54) is 0 Å². The molecule has 1 amide bonds. The van der Waals surface area contributed by atoms with Crippen molar-refractivity contribution in [2.75, 3.05) is 5.32 Å². The number of nitrogens with one attached hydrogen (secondary N) is 1. The van der Waals surface area contributed by atoms with Crippen LogP contribution in [0.2, 0.25) is 0 Å². The van der Waals surface area contributed by atoms with E-state index in [4.69, 9.17) is 4.52 Å². The fourth-order valence-electron chi connectivity index (χ4n) is 5.08. The molecule has 0 aromatic carbocycles. The van der Waals surface area contributed by atoms with Crippen molar-refractivity contribution < 1.29 is 32.4 Å². The minimum Gasteiger partial charge on any atom is -0.481 e. The van der Waals surface area contributed by atoms with Gasteiger partial charge in [-0.25, -0.2) is 0 Å². The highest BCUT2D eigenvalue weighted by atomic mass is 19.4. The molecule has 1 fully saturated rings. The standard InChI is InChI=1S/C27H36F3N3O4/c1-6-26(4,5)14-17-11-19(12-17)25-23(27(28,29)30)24(33-37-25)18(8-10-22(35)36)13-21(34)32-20-9-7-15(2)31-16(20)3/h7,9,17-19H,6,8,10-14H2,1-5H3,(H,32,34)(H,35,36)/t17?,18-,19?/m0/s1. The zero-order valence-electron chi connectivity index (χ0n) is 22.0. The van der Waals surface area contributed by atoms with E-state index in [2.05, 4.69) is 36.2 Å². The van der Waals surface area contributed by atoms with E-state index < -0.39 is 47.6 Å². The number of pyridine rings is 1. The lowest BCUT2D eigenvalue weighted by Crippen LogP contribution is -2.28. The highest BCUT2D eigenvalue weighted by Crippen LogP contribution is 2.51. The Balaban J connectivity index is 1.84. The highest BCUT2D eigenvalue weighted by Gasteiger charge is 2.47. The Morgan fingerprint density at radius 1 is 1.22 bits per heavy atom. The quantitative estimate of drug-likeness (QED) is 0.328. The number of hydrogen-bond donors (Lipinski definition) is 2. The number of alkyl halides is 3. The van der Waals surface area contributed by atoms with Gasteiger partial charge in [-0.15, -0.1) is 0 Å². The van der Waals surface area contributed by atoms with Gasteiger partial charge >= 0.3 is 12.1 Å². The number of amides is 1. The lowest BCUT2D eigenvalue weighted by atomic mass is 9.66. The third-order valence-electron chi connectivity index (χ3n) is 7.46. The Morgan fingerprint density at radius 3 is 2.46 bits per heavy atom. The maximum atomic E-state index is 14.3. The van der Waals surface area contributed by atoms with Gasteiger partial charge in [-0.3, -0.25) is 14.6 Å². The Morgan fingerprint density at radius 2 is 1.89 bits per heavy atom. The molecule has 0 radical (unpaired) electrons. The monoisotopic (exact) mass is 523 g/mol. The first kappa shape index (κ1) is 28.7. The number of aliphatic carboxylic acids is 1. The van der Waals surface area contributed by atoms with Crippen LogP contribution in [0, 0.1) is 25.2 Å². The number of hydrogen-bond acceptors (Lipinski definition) is 5. The molecule has 2 aromatic heterocycles. The number of carboxylic acids is 1. The van der Waals surface area contributed by atoms with E-state index in [1.54, 1.807) is 26.0 Å². The van der Waals surface area contributed by atoms with Crippen molar-refractivity contribution in [3.05, 3.63) is 40.5 Å². The summed E-state index contributed by atoms with van der Waals surface area (Å²) in [7, 11) is 0. The van der Waals surface area contributed by atoms with E-state index in [0.29, 0.717) is 30.1 Å². The molecule has 2 N–H and O–H groups in total. The van der Waals surface area contributed by atoms with Gasteiger partial charge in [0.2, 0.25) is 5.91 Å². The Labute approximate surface area is 215 Å². The van der Waals surface area contributed by atoms with Crippen LogP contribution < -0.4 is 5.32 Å². The first-order valence-electron chi connectivity index (χ1n) is 12.7. The maximum Gasteiger partial charge on any atom is 0.421 e. The number of halogens is 3. The first-order valence-corrected chi connectivity index (χ1v) is 12.7. The number of nitrogens with zero attached hydrogens (tertiary/aromatic N) is 2. The second-order valence-corrected chi connectivity index (χ2v) is 11.0. The molecule has 3 rings (SSSR count). The van der Waals surface area contributed by atoms with Crippen molar-refractivity contribution in [3.8, 4) is 0 Å². The minimum absolute atomic E-state index is 0.121. The normalized spacial score (nSPS) is 18.8. The fraction of sp³-hybridized carbons (Fsp3) is 0.630. The van der Waals surface area contributed by atoms with Crippen LogP contribution in [-0.4, -0.2) is 27.1 Å². The summed E-state index contributed by atoms with van der Waals surface area (Å²) < 4.78 is 48.2. The van der Waals surface area contributed by atoms with Gasteiger partial charge in [-0.05, 0) is 63.0 Å². The smallest absolute Gasteiger partial charge is 0.421 e. The third-order valence-corrected chi connectivity index (χ3v) is 7.46. The van der Waals surface area contributed by atoms with Crippen molar-refractivity contribution in [3.63, 3.8) is 0 Å². The van der Waals surface area contributed by atoms with Crippen molar-refractivity contribution in [2.24, 2.45) is 11.3 Å². The van der Waals surface area contributed by atoms with E-state index in [9.17, 15) is 27.9 Å². The van der Waals surface area contributed by atoms with Crippen LogP contribution >= 0.6 is 0 Å². The Kier molecular flexibility index (Phi) is 8.70. The maximum absolute atomic E-state index is 14.3. The average molecular weight is 524 g/mol. The van der Waals surface area contributed by atoms with Gasteiger partial charge in [0, 0.05) is 30.4 Å². The molecule has 0 aliphatic heterocycles. The van der Waals surface area contributed by atoms with E-state index in [1.807, 2.05) is 0 Å². The van der Waals surface area contributed by atoms with Crippen molar-refractivity contribution in [1.82, 2.24) is 10.1 Å². The van der Waals surface area contributed by atoms with Crippen molar-refractivity contribution >= 4 is 17.6 Å². The van der Waals surface area contributed by atoms with Gasteiger partial charge in [0.1, 0.15) is 5.56 Å². The molecule has 2 aromatic rings. The Hall–Kier alpha value is -2.91. The predicted molar refractivity (Wildman–Crippen MR) is 132 cm³/mol. The number of aryl methyl sites for hydroxylation is 2. The lowest BCUT2D eigenvalue weighted by molar-refractivity contribution is -0.140. The molecular formula is C27H36F3N3O4. The van der Waals surface area contributed by atoms with Crippen LogP contribution in [0.25, 0.3) is 0 Å². The summed E-state index contributed by atoms with van der Waals surface area (Å²) in [5.41, 5.74) is 0.546. The molecule has 0 bridgehead atoms. The number of carbonyl (C=O) groups is 2. The van der Waals surface area contributed by atoms with Crippen LogP contribution in [0.3, 0.4) is 0 Å². The zero-order valence-corrected chi connectivity index (χ0v) is 22.0. The first-order chi connectivity index (χ1) is 17.2. The molecule has 1 aliphatic rings. The fourth-order valence-corrected chi connectivity index (χ4v) is 5.08. The van der Waals surface area contributed by atoms with Gasteiger partial charge in [-0.1, -0.05) is 32.3 Å². The average Bonchev–Trinajstić information content (AvgIpc) is 3.20. The number of carboxylic acid groups (broad SMARTS) is 1. The summed E-state index contributed by atoms with van der Waals surface area (Å²) in [6.45, 7) is 9.92. The zero-order chi connectivity index (χ0) is 27.5. The van der Waals surface area contributed by atoms with E-state index in [0.717, 1.165) is 18.5 Å². The van der Waals surface area contributed by atoms with E-state index >= 15 is 0 Å². The lowest BCUT2D eigenvalue weighted by Gasteiger charge is -2.39. The summed E-state index contributed by atoms with van der Waals surface area (Å²) in [4.78, 5) is 28.3. The van der Waals surface area contributed by atoms with Gasteiger partial charge in [0.15, 0.2) is 5.76 Å². The summed E-state index contributed by atoms with van der Waals surface area (Å²) in [5, 5.41) is 15.6. The van der Waals surface area contributed by atoms with Gasteiger partial charge in [0.05, 0.1) is 17.1 Å². The van der Waals surface area contributed by atoms with Crippen LogP contribution in [0.15, 0.2) is 16.7 Å². The molecule has 10 heteroatoms. The molecule has 1 saturated carbocycles. The van der Waals surface area contributed by atoms with Crippen LogP contribution in [0.1, 0.15) is 106 Å². The summed E-state index contributed by atoms with van der Waals surface area (Å²) in [6.07, 6.45) is -2.61. The molecule has 204 valence electrons. The second-order valence-electron chi connectivity index (χ2n) is 11.0. The highest BCUT2D eigenvalue weighted by molar-refractivity contribution is 5.91. The largest absolute Gasteiger partial charge is 0.481 e.